The molecule has 1 N–H and O–H groups in total. The second-order valence-corrected chi connectivity index (χ2v) is 6.85. The molecule has 3 rings (SSSR count). The number of aryl methyl sites for hydroxylation is 3. The number of anilines is 1. The quantitative estimate of drug-likeness (QED) is 0.706. The van der Waals surface area contributed by atoms with E-state index in [9.17, 15) is 4.79 Å². The molecule has 0 saturated heterocycles. The molecule has 2 heterocycles. The highest BCUT2D eigenvalue weighted by molar-refractivity contribution is 7.16. The highest BCUT2D eigenvalue weighted by Crippen LogP contribution is 2.31. The van der Waals surface area contributed by atoms with Crippen LogP contribution in [-0.2, 0) is 0 Å². The smallest absolute Gasteiger partial charge is 0.260 e. The Hall–Kier alpha value is -2.11. The molecule has 2 aromatic heterocycles. The van der Waals surface area contributed by atoms with Crippen molar-refractivity contribution >= 4 is 34.0 Å². The van der Waals surface area contributed by atoms with Crippen LogP contribution in [0.3, 0.4) is 0 Å². The van der Waals surface area contributed by atoms with Gasteiger partial charge in [0.1, 0.15) is 11.5 Å². The lowest BCUT2D eigenvalue weighted by Gasteiger charge is -2.00. The maximum Gasteiger partial charge on any atom is 0.260 e. The largest absolute Gasteiger partial charge is 0.466 e. The number of carbonyl (C=O) groups is 1. The van der Waals surface area contributed by atoms with Crippen molar-refractivity contribution in [1.29, 1.82) is 0 Å². The molecule has 118 valence electrons. The van der Waals surface area contributed by atoms with Gasteiger partial charge in [-0.3, -0.25) is 10.1 Å². The molecule has 0 fully saturated rings. The summed E-state index contributed by atoms with van der Waals surface area (Å²) in [6.07, 6.45) is 0. The van der Waals surface area contributed by atoms with Gasteiger partial charge in [0.15, 0.2) is 5.13 Å². The van der Waals surface area contributed by atoms with Gasteiger partial charge in [-0.1, -0.05) is 23.7 Å². The van der Waals surface area contributed by atoms with Crippen molar-refractivity contribution in [3.63, 3.8) is 0 Å². The monoisotopic (exact) mass is 346 g/mol. The fourth-order valence-corrected chi connectivity index (χ4v) is 3.30. The van der Waals surface area contributed by atoms with Gasteiger partial charge >= 0.3 is 0 Å². The third-order valence-electron chi connectivity index (χ3n) is 3.42. The minimum absolute atomic E-state index is 0.212. The first-order chi connectivity index (χ1) is 10.9. The van der Waals surface area contributed by atoms with E-state index in [0.29, 0.717) is 27.2 Å². The fraction of sp³-hybridized carbons (Fsp3) is 0.176. The van der Waals surface area contributed by atoms with E-state index in [1.54, 1.807) is 13.0 Å². The number of furan rings is 1. The van der Waals surface area contributed by atoms with Crippen LogP contribution in [0.1, 0.15) is 26.8 Å². The number of carbonyl (C=O) groups excluding carboxylic acids is 1. The summed E-state index contributed by atoms with van der Waals surface area (Å²) in [6, 6.07) is 9.21. The predicted octanol–water partition coefficient (Wildman–Crippen LogP) is 5.23. The number of rotatable bonds is 3. The average molecular weight is 347 g/mol. The van der Waals surface area contributed by atoms with Crippen LogP contribution in [0.4, 0.5) is 5.13 Å². The predicted molar refractivity (Wildman–Crippen MR) is 93.4 cm³/mol. The van der Waals surface area contributed by atoms with Crippen LogP contribution in [0.15, 0.2) is 34.7 Å². The molecule has 0 aliphatic heterocycles. The standard InChI is InChI=1S/C17H15ClN2O2S/c1-9-8-14(10(2)22-9)16(21)20-17-19-15(11(3)23-17)12-4-6-13(18)7-5-12/h4-8H,1-3H3,(H,19,20,21). The van der Waals surface area contributed by atoms with E-state index < -0.39 is 0 Å². The lowest BCUT2D eigenvalue weighted by Crippen LogP contribution is -2.11. The fourth-order valence-electron chi connectivity index (χ4n) is 2.35. The molecule has 0 spiro atoms. The third kappa shape index (κ3) is 3.30. The van der Waals surface area contributed by atoms with Crippen molar-refractivity contribution < 1.29 is 9.21 Å². The van der Waals surface area contributed by atoms with Crippen LogP contribution in [0.25, 0.3) is 11.3 Å². The third-order valence-corrected chi connectivity index (χ3v) is 4.56. The van der Waals surface area contributed by atoms with Crippen molar-refractivity contribution in [2.24, 2.45) is 0 Å². The van der Waals surface area contributed by atoms with Crippen molar-refractivity contribution in [2.45, 2.75) is 20.8 Å². The van der Waals surface area contributed by atoms with Gasteiger partial charge in [0.2, 0.25) is 0 Å². The second kappa shape index (κ2) is 6.18. The Morgan fingerprint density at radius 3 is 2.52 bits per heavy atom. The van der Waals surface area contributed by atoms with Gasteiger partial charge in [-0.2, -0.15) is 0 Å². The van der Waals surface area contributed by atoms with Crippen LogP contribution in [0.5, 0.6) is 0 Å². The van der Waals surface area contributed by atoms with Crippen LogP contribution < -0.4 is 5.32 Å². The zero-order chi connectivity index (χ0) is 16.6. The summed E-state index contributed by atoms with van der Waals surface area (Å²) in [5.41, 5.74) is 2.35. The zero-order valence-electron chi connectivity index (χ0n) is 12.9. The van der Waals surface area contributed by atoms with Crippen LogP contribution >= 0.6 is 22.9 Å². The van der Waals surface area contributed by atoms with Crippen LogP contribution in [0.2, 0.25) is 5.02 Å². The SMILES string of the molecule is Cc1cc(C(=O)Nc2nc(-c3ccc(Cl)cc3)c(C)s2)c(C)o1. The molecule has 0 bridgehead atoms. The Labute approximate surface area is 143 Å². The molecule has 0 aliphatic carbocycles. The number of benzene rings is 1. The Balaban J connectivity index is 1.85. The maximum absolute atomic E-state index is 12.3. The molecule has 23 heavy (non-hydrogen) atoms. The molecule has 0 atom stereocenters. The average Bonchev–Trinajstić information content (AvgIpc) is 3.02. The minimum Gasteiger partial charge on any atom is -0.466 e. The molecule has 6 heteroatoms. The summed E-state index contributed by atoms with van der Waals surface area (Å²) in [6.45, 7) is 5.56. The summed E-state index contributed by atoms with van der Waals surface area (Å²) in [5.74, 6) is 1.10. The number of nitrogens with one attached hydrogen (secondary N) is 1. The van der Waals surface area contributed by atoms with Gasteiger partial charge in [0.25, 0.3) is 5.91 Å². The number of hydrogen-bond acceptors (Lipinski definition) is 4. The number of amides is 1. The van der Waals surface area contributed by atoms with E-state index >= 15 is 0 Å². The van der Waals surface area contributed by atoms with E-state index in [4.69, 9.17) is 16.0 Å². The van der Waals surface area contributed by atoms with Gasteiger partial charge in [-0.25, -0.2) is 4.98 Å². The summed E-state index contributed by atoms with van der Waals surface area (Å²) in [5, 5.41) is 4.08. The Bertz CT molecular complexity index is 865. The van der Waals surface area contributed by atoms with Gasteiger partial charge in [0, 0.05) is 15.5 Å². The van der Waals surface area contributed by atoms with Gasteiger partial charge in [0.05, 0.1) is 11.3 Å². The Morgan fingerprint density at radius 1 is 1.22 bits per heavy atom. The van der Waals surface area contributed by atoms with E-state index in [1.165, 1.54) is 11.3 Å². The second-order valence-electron chi connectivity index (χ2n) is 5.21. The van der Waals surface area contributed by atoms with Crippen LogP contribution in [-0.4, -0.2) is 10.9 Å². The van der Waals surface area contributed by atoms with Crippen molar-refractivity contribution in [1.82, 2.24) is 4.98 Å². The molecule has 1 aromatic carbocycles. The van der Waals surface area contributed by atoms with Crippen molar-refractivity contribution in [3.05, 3.63) is 57.3 Å². The van der Waals surface area contributed by atoms with Gasteiger partial charge in [-0.15, -0.1) is 11.3 Å². The maximum atomic E-state index is 12.3. The molecule has 1 amide bonds. The number of thiazole rings is 1. The molecule has 0 aliphatic rings. The topological polar surface area (TPSA) is 55.1 Å². The van der Waals surface area contributed by atoms with Crippen molar-refractivity contribution in [2.75, 3.05) is 5.32 Å². The summed E-state index contributed by atoms with van der Waals surface area (Å²) in [7, 11) is 0. The normalized spacial score (nSPS) is 10.8. The number of hydrogen-bond donors (Lipinski definition) is 1. The molecular weight excluding hydrogens is 332 g/mol. The zero-order valence-corrected chi connectivity index (χ0v) is 14.5. The number of nitrogens with zero attached hydrogens (tertiary/aromatic N) is 1. The first-order valence-electron chi connectivity index (χ1n) is 7.06. The van der Waals surface area contributed by atoms with Crippen LogP contribution in [0, 0.1) is 20.8 Å². The molecule has 0 saturated carbocycles. The summed E-state index contributed by atoms with van der Waals surface area (Å²) >= 11 is 7.36. The highest BCUT2D eigenvalue weighted by atomic mass is 35.5. The number of halogens is 1. The highest BCUT2D eigenvalue weighted by Gasteiger charge is 2.16. The Morgan fingerprint density at radius 2 is 1.91 bits per heavy atom. The van der Waals surface area contributed by atoms with Gasteiger partial charge in [-0.05, 0) is 39.0 Å². The molecular formula is C17H15ClN2O2S. The first kappa shape index (κ1) is 15.8. The molecule has 0 radical (unpaired) electrons. The molecule has 3 aromatic rings. The summed E-state index contributed by atoms with van der Waals surface area (Å²) in [4.78, 5) is 17.9. The van der Waals surface area contributed by atoms with Gasteiger partial charge < -0.3 is 4.42 Å². The summed E-state index contributed by atoms with van der Waals surface area (Å²) < 4.78 is 5.39. The van der Waals surface area contributed by atoms with E-state index in [0.717, 1.165) is 16.1 Å². The van der Waals surface area contributed by atoms with E-state index in [1.807, 2.05) is 38.1 Å². The minimum atomic E-state index is -0.212. The first-order valence-corrected chi connectivity index (χ1v) is 8.25. The van der Waals surface area contributed by atoms with Crippen molar-refractivity contribution in [3.8, 4) is 11.3 Å². The number of aromatic nitrogens is 1. The lowest BCUT2D eigenvalue weighted by molar-refractivity contribution is 0.102. The Kier molecular flexibility index (Phi) is 4.24. The van der Waals surface area contributed by atoms with E-state index in [2.05, 4.69) is 10.3 Å². The molecule has 4 nitrogen and oxygen atoms in total. The lowest BCUT2D eigenvalue weighted by atomic mass is 10.1. The molecule has 0 unspecified atom stereocenters. The van der Waals surface area contributed by atoms with E-state index in [-0.39, 0.29) is 5.91 Å².